The van der Waals surface area contributed by atoms with Crippen LogP contribution in [-0.4, -0.2) is 55.5 Å². The lowest BCUT2D eigenvalue weighted by molar-refractivity contribution is -0.262. The molecule has 5 atom stereocenters. The Balaban J connectivity index is 1.28. The molecule has 28 heavy (non-hydrogen) atoms. The van der Waals surface area contributed by atoms with Crippen LogP contribution in [0.15, 0.2) is 0 Å². The van der Waals surface area contributed by atoms with Gasteiger partial charge in [-0.3, -0.25) is 0 Å². The summed E-state index contributed by atoms with van der Waals surface area (Å²) >= 11 is 0. The Bertz CT molecular complexity index is 527. The minimum atomic E-state index is -0.456. The molecule has 3 aliphatic heterocycles. The van der Waals surface area contributed by atoms with Crippen molar-refractivity contribution >= 4 is 0 Å². The van der Waals surface area contributed by atoms with E-state index in [9.17, 15) is 0 Å². The first-order chi connectivity index (χ1) is 13.7. The zero-order chi connectivity index (χ0) is 19.0. The SMILES string of the molecule is CCCCO[C@H]1[C@H]2OC3(CCCCC3)O[C@@H]2O[C@@H]1[C@@H]1COC2(CCCCC2)O1. The van der Waals surface area contributed by atoms with Crippen molar-refractivity contribution in [1.29, 1.82) is 0 Å². The lowest BCUT2D eigenvalue weighted by atomic mass is 9.94. The predicted molar refractivity (Wildman–Crippen MR) is 102 cm³/mol. The second-order valence-electron chi connectivity index (χ2n) is 9.27. The van der Waals surface area contributed by atoms with Gasteiger partial charge in [-0.15, -0.1) is 0 Å². The highest BCUT2D eigenvalue weighted by Gasteiger charge is 2.61. The molecule has 0 aromatic rings. The van der Waals surface area contributed by atoms with Gasteiger partial charge in [0.05, 0.1) is 6.61 Å². The summed E-state index contributed by atoms with van der Waals surface area (Å²) in [6.07, 6.45) is 12.3. The van der Waals surface area contributed by atoms with Crippen LogP contribution < -0.4 is 0 Å². The summed E-state index contributed by atoms with van der Waals surface area (Å²) in [5.74, 6) is -0.854. The second-order valence-corrected chi connectivity index (χ2v) is 9.27. The van der Waals surface area contributed by atoms with Gasteiger partial charge < -0.3 is 28.4 Å². The third-order valence-electron chi connectivity index (χ3n) is 7.17. The molecule has 0 radical (unpaired) electrons. The Morgan fingerprint density at radius 3 is 2.25 bits per heavy atom. The molecule has 3 heterocycles. The maximum Gasteiger partial charge on any atom is 0.190 e. The van der Waals surface area contributed by atoms with Gasteiger partial charge in [0.25, 0.3) is 0 Å². The van der Waals surface area contributed by atoms with E-state index < -0.39 is 11.6 Å². The highest BCUT2D eigenvalue weighted by molar-refractivity contribution is 5.01. The van der Waals surface area contributed by atoms with Gasteiger partial charge in [0.15, 0.2) is 17.9 Å². The van der Waals surface area contributed by atoms with Crippen LogP contribution in [0.25, 0.3) is 0 Å². The molecule has 0 amide bonds. The van der Waals surface area contributed by atoms with Gasteiger partial charge in [-0.05, 0) is 32.1 Å². The molecule has 6 nitrogen and oxygen atoms in total. The Hall–Kier alpha value is -0.240. The van der Waals surface area contributed by atoms with Crippen molar-refractivity contribution in [1.82, 2.24) is 0 Å². The molecule has 5 rings (SSSR count). The highest BCUT2D eigenvalue weighted by Crippen LogP contribution is 2.48. The summed E-state index contributed by atoms with van der Waals surface area (Å²) in [7, 11) is 0. The van der Waals surface area contributed by atoms with Gasteiger partial charge in [-0.1, -0.05) is 26.2 Å². The molecule has 3 saturated heterocycles. The van der Waals surface area contributed by atoms with Crippen LogP contribution in [0.4, 0.5) is 0 Å². The quantitative estimate of drug-likeness (QED) is 0.654. The van der Waals surface area contributed by atoms with Gasteiger partial charge in [0.2, 0.25) is 0 Å². The van der Waals surface area contributed by atoms with Crippen molar-refractivity contribution in [2.45, 2.75) is 126 Å². The first kappa shape index (κ1) is 19.7. The topological polar surface area (TPSA) is 55.4 Å². The Labute approximate surface area is 168 Å². The predicted octanol–water partition coefficient (Wildman–Crippen LogP) is 4.05. The van der Waals surface area contributed by atoms with Crippen LogP contribution in [0, 0.1) is 0 Å². The van der Waals surface area contributed by atoms with E-state index in [0.29, 0.717) is 6.61 Å². The molecule has 0 unspecified atom stereocenters. The average Bonchev–Trinajstić information content (AvgIpc) is 3.36. The fraction of sp³-hybridized carbons (Fsp3) is 1.00. The number of fused-ring (bicyclic) bond motifs is 1. The number of hydrogen-bond donors (Lipinski definition) is 0. The van der Waals surface area contributed by atoms with Crippen LogP contribution >= 0.6 is 0 Å². The fourth-order valence-electron chi connectivity index (χ4n) is 5.63. The summed E-state index contributed by atoms with van der Waals surface area (Å²) in [5.41, 5.74) is 0. The summed E-state index contributed by atoms with van der Waals surface area (Å²) in [6, 6.07) is 0. The monoisotopic (exact) mass is 396 g/mol. The zero-order valence-corrected chi connectivity index (χ0v) is 17.2. The van der Waals surface area contributed by atoms with E-state index in [2.05, 4.69) is 6.92 Å². The van der Waals surface area contributed by atoms with Crippen LogP contribution in [0.3, 0.4) is 0 Å². The van der Waals surface area contributed by atoms with Crippen molar-refractivity contribution in [3.8, 4) is 0 Å². The van der Waals surface area contributed by atoms with Gasteiger partial charge >= 0.3 is 0 Å². The highest BCUT2D eigenvalue weighted by atomic mass is 16.9. The largest absolute Gasteiger partial charge is 0.372 e. The van der Waals surface area contributed by atoms with Crippen LogP contribution in [-0.2, 0) is 28.4 Å². The van der Waals surface area contributed by atoms with E-state index >= 15 is 0 Å². The van der Waals surface area contributed by atoms with E-state index in [-0.39, 0.29) is 30.7 Å². The fourth-order valence-corrected chi connectivity index (χ4v) is 5.63. The zero-order valence-electron chi connectivity index (χ0n) is 17.2. The van der Waals surface area contributed by atoms with Gasteiger partial charge in [0.1, 0.15) is 24.4 Å². The van der Waals surface area contributed by atoms with E-state index in [1.807, 2.05) is 0 Å². The average molecular weight is 397 g/mol. The summed E-state index contributed by atoms with van der Waals surface area (Å²) < 4.78 is 38.2. The molecule has 5 aliphatic rings. The smallest absolute Gasteiger partial charge is 0.190 e. The second kappa shape index (κ2) is 8.12. The van der Waals surface area contributed by atoms with Crippen molar-refractivity contribution in [2.75, 3.05) is 13.2 Å². The first-order valence-electron chi connectivity index (χ1n) is 11.7. The van der Waals surface area contributed by atoms with E-state index in [4.69, 9.17) is 28.4 Å². The third-order valence-corrected chi connectivity index (χ3v) is 7.17. The maximum absolute atomic E-state index is 6.52. The van der Waals surface area contributed by atoms with Gasteiger partial charge in [0, 0.05) is 32.3 Å². The lowest BCUT2D eigenvalue weighted by Gasteiger charge is -2.35. The number of rotatable bonds is 5. The summed E-state index contributed by atoms with van der Waals surface area (Å²) in [6.45, 7) is 3.48. The summed E-state index contributed by atoms with van der Waals surface area (Å²) in [4.78, 5) is 0. The molecule has 2 spiro atoms. The molecule has 160 valence electrons. The first-order valence-corrected chi connectivity index (χ1v) is 11.7. The van der Waals surface area contributed by atoms with Crippen molar-refractivity contribution in [3.63, 3.8) is 0 Å². The maximum atomic E-state index is 6.52. The Morgan fingerprint density at radius 2 is 1.54 bits per heavy atom. The van der Waals surface area contributed by atoms with E-state index in [1.165, 1.54) is 25.7 Å². The number of ether oxygens (including phenoxy) is 6. The van der Waals surface area contributed by atoms with Gasteiger partial charge in [-0.2, -0.15) is 0 Å². The Morgan fingerprint density at radius 1 is 0.821 bits per heavy atom. The molecule has 0 aromatic heterocycles. The minimum Gasteiger partial charge on any atom is -0.372 e. The molecule has 0 bridgehead atoms. The molecule has 5 fully saturated rings. The third kappa shape index (κ3) is 3.65. The minimum absolute atomic E-state index is 0.107. The van der Waals surface area contributed by atoms with Crippen molar-refractivity contribution in [3.05, 3.63) is 0 Å². The lowest BCUT2D eigenvalue weighted by Crippen LogP contribution is -2.46. The Kier molecular flexibility index (Phi) is 5.72. The summed E-state index contributed by atoms with van der Waals surface area (Å²) in [5, 5.41) is 0. The van der Waals surface area contributed by atoms with E-state index in [1.54, 1.807) is 0 Å². The molecule has 0 aromatic carbocycles. The molecule has 0 N–H and O–H groups in total. The van der Waals surface area contributed by atoms with E-state index in [0.717, 1.165) is 58.0 Å². The van der Waals surface area contributed by atoms with Crippen LogP contribution in [0.2, 0.25) is 0 Å². The van der Waals surface area contributed by atoms with Gasteiger partial charge in [-0.25, -0.2) is 0 Å². The molecular formula is C22H36O6. The molecule has 2 aliphatic carbocycles. The molecule has 2 saturated carbocycles. The van der Waals surface area contributed by atoms with Crippen molar-refractivity contribution < 1.29 is 28.4 Å². The molecule has 6 heteroatoms. The van der Waals surface area contributed by atoms with Crippen LogP contribution in [0.5, 0.6) is 0 Å². The van der Waals surface area contributed by atoms with Crippen LogP contribution in [0.1, 0.15) is 84.0 Å². The number of unbranched alkanes of at least 4 members (excludes halogenated alkanes) is 1. The standard InChI is InChI=1S/C22H36O6/c1-2-3-14-23-18-17(16-15-24-21(26-16)10-6-4-7-11-21)25-20-19(18)27-22(28-20)12-8-5-9-13-22/h16-20H,2-15H2,1H3/t16-,17+,18+,19+,20-/m0/s1. The van der Waals surface area contributed by atoms with Crippen molar-refractivity contribution in [2.24, 2.45) is 0 Å². The molecular weight excluding hydrogens is 360 g/mol. The normalized spacial score (nSPS) is 41.7. The number of hydrogen-bond acceptors (Lipinski definition) is 6.